The first-order valence-electron chi connectivity index (χ1n) is 7.45. The summed E-state index contributed by atoms with van der Waals surface area (Å²) in [6, 6.07) is 10.4. The van der Waals surface area contributed by atoms with Crippen LogP contribution in [0.3, 0.4) is 0 Å². The van der Waals surface area contributed by atoms with Gasteiger partial charge < -0.3 is 0 Å². The number of nitrogens with one attached hydrogen (secondary N) is 1. The van der Waals surface area contributed by atoms with Crippen molar-refractivity contribution in [3.8, 4) is 0 Å². The number of aromatic nitrogens is 2. The van der Waals surface area contributed by atoms with Gasteiger partial charge in [0.05, 0.1) is 17.4 Å². The SMILES string of the molecule is CCc1ccc(S(=O)(=O)NCc2nc3ccccc3c(=O)n2C)s1. The van der Waals surface area contributed by atoms with Gasteiger partial charge in [-0.05, 0) is 30.7 Å². The number of rotatable bonds is 5. The van der Waals surface area contributed by atoms with Crippen LogP contribution in [0, 0.1) is 0 Å². The number of benzene rings is 1. The third kappa shape index (κ3) is 3.12. The van der Waals surface area contributed by atoms with Gasteiger partial charge in [-0.25, -0.2) is 18.1 Å². The maximum atomic E-state index is 12.4. The lowest BCUT2D eigenvalue weighted by atomic mass is 10.2. The van der Waals surface area contributed by atoms with Crippen molar-refractivity contribution in [1.29, 1.82) is 0 Å². The average molecular weight is 363 g/mol. The zero-order valence-electron chi connectivity index (χ0n) is 13.3. The maximum Gasteiger partial charge on any atom is 0.261 e. The Morgan fingerprint density at radius 3 is 2.67 bits per heavy atom. The molecule has 2 aromatic heterocycles. The minimum atomic E-state index is -3.62. The van der Waals surface area contributed by atoms with Crippen molar-refractivity contribution in [3.63, 3.8) is 0 Å². The summed E-state index contributed by atoms with van der Waals surface area (Å²) in [5.41, 5.74) is 0.360. The molecule has 0 aliphatic carbocycles. The van der Waals surface area contributed by atoms with E-state index in [1.54, 1.807) is 37.4 Å². The third-order valence-corrected chi connectivity index (χ3v) is 6.87. The molecule has 0 radical (unpaired) electrons. The smallest absolute Gasteiger partial charge is 0.261 e. The molecule has 3 rings (SSSR count). The number of hydrogen-bond acceptors (Lipinski definition) is 5. The zero-order chi connectivity index (χ0) is 17.3. The molecule has 1 aromatic carbocycles. The summed E-state index contributed by atoms with van der Waals surface area (Å²) >= 11 is 1.25. The molecule has 2 heterocycles. The zero-order valence-corrected chi connectivity index (χ0v) is 14.9. The first-order chi connectivity index (χ1) is 11.4. The molecule has 0 aliphatic heterocycles. The minimum Gasteiger partial charge on any atom is -0.298 e. The predicted molar refractivity (Wildman–Crippen MR) is 94.7 cm³/mol. The molecule has 0 spiro atoms. The highest BCUT2D eigenvalue weighted by atomic mass is 32.2. The van der Waals surface area contributed by atoms with Crippen LogP contribution in [0.1, 0.15) is 17.6 Å². The highest BCUT2D eigenvalue weighted by molar-refractivity contribution is 7.91. The van der Waals surface area contributed by atoms with Crippen molar-refractivity contribution < 1.29 is 8.42 Å². The topological polar surface area (TPSA) is 81.1 Å². The third-order valence-electron chi connectivity index (χ3n) is 3.75. The van der Waals surface area contributed by atoms with Gasteiger partial charge >= 0.3 is 0 Å². The van der Waals surface area contributed by atoms with Crippen LogP contribution in [-0.4, -0.2) is 18.0 Å². The van der Waals surface area contributed by atoms with Gasteiger partial charge in [-0.3, -0.25) is 9.36 Å². The number of hydrogen-bond donors (Lipinski definition) is 1. The highest BCUT2D eigenvalue weighted by Crippen LogP contribution is 2.21. The van der Waals surface area contributed by atoms with Crippen LogP contribution < -0.4 is 10.3 Å². The lowest BCUT2D eigenvalue weighted by Crippen LogP contribution is -2.29. The molecule has 0 bridgehead atoms. The second-order valence-electron chi connectivity index (χ2n) is 5.31. The summed E-state index contributed by atoms with van der Waals surface area (Å²) in [7, 11) is -2.03. The highest BCUT2D eigenvalue weighted by Gasteiger charge is 2.18. The predicted octanol–water partition coefficient (Wildman–Crippen LogP) is 2.04. The first kappa shape index (κ1) is 16.8. The molecule has 6 nitrogen and oxygen atoms in total. The van der Waals surface area contributed by atoms with Crippen LogP contribution in [0.15, 0.2) is 45.4 Å². The monoisotopic (exact) mass is 363 g/mol. The molecule has 0 saturated carbocycles. The molecule has 1 N–H and O–H groups in total. The second-order valence-corrected chi connectivity index (χ2v) is 8.47. The molecule has 0 saturated heterocycles. The van der Waals surface area contributed by atoms with Crippen molar-refractivity contribution in [2.75, 3.05) is 0 Å². The van der Waals surface area contributed by atoms with Crippen molar-refractivity contribution in [2.24, 2.45) is 7.05 Å². The van der Waals surface area contributed by atoms with E-state index in [1.165, 1.54) is 15.9 Å². The number of aryl methyl sites for hydroxylation is 1. The van der Waals surface area contributed by atoms with Gasteiger partial charge in [0.25, 0.3) is 5.56 Å². The number of sulfonamides is 1. The molecule has 24 heavy (non-hydrogen) atoms. The number of fused-ring (bicyclic) bond motifs is 1. The lowest BCUT2D eigenvalue weighted by molar-refractivity contribution is 0.578. The fraction of sp³-hybridized carbons (Fsp3) is 0.250. The van der Waals surface area contributed by atoms with Crippen LogP contribution >= 0.6 is 11.3 Å². The molecular weight excluding hydrogens is 346 g/mol. The van der Waals surface area contributed by atoms with Crippen molar-refractivity contribution in [1.82, 2.24) is 14.3 Å². The van der Waals surface area contributed by atoms with Gasteiger partial charge in [0.1, 0.15) is 10.0 Å². The van der Waals surface area contributed by atoms with Crippen LogP contribution in [0.2, 0.25) is 0 Å². The molecule has 0 unspecified atom stereocenters. The Kier molecular flexibility index (Phi) is 4.53. The first-order valence-corrected chi connectivity index (χ1v) is 9.75. The minimum absolute atomic E-state index is 0.0434. The Balaban J connectivity index is 1.90. The summed E-state index contributed by atoms with van der Waals surface area (Å²) < 4.78 is 28.9. The Bertz CT molecular complexity index is 1050. The standard InChI is InChI=1S/C16H17N3O3S2/c1-3-11-8-9-15(23-11)24(21,22)17-10-14-18-13-7-5-4-6-12(13)16(20)19(14)2/h4-9,17H,3,10H2,1-2H3. The largest absolute Gasteiger partial charge is 0.298 e. The number of nitrogens with zero attached hydrogens (tertiary/aromatic N) is 2. The molecule has 0 fully saturated rings. The summed E-state index contributed by atoms with van der Waals surface area (Å²) in [5.74, 6) is 0.370. The summed E-state index contributed by atoms with van der Waals surface area (Å²) in [5, 5.41) is 0.512. The molecule has 0 amide bonds. The van der Waals surface area contributed by atoms with E-state index < -0.39 is 10.0 Å². The normalized spacial score (nSPS) is 11.9. The lowest BCUT2D eigenvalue weighted by Gasteiger charge is -2.10. The molecule has 126 valence electrons. The van der Waals surface area contributed by atoms with E-state index in [2.05, 4.69) is 9.71 Å². The fourth-order valence-corrected chi connectivity index (χ4v) is 4.67. The molecule has 0 atom stereocenters. The van der Waals surface area contributed by atoms with Crippen LogP contribution in [0.25, 0.3) is 10.9 Å². The quantitative estimate of drug-likeness (QED) is 0.752. The molecule has 3 aromatic rings. The van der Waals surface area contributed by atoms with Gasteiger partial charge in [-0.1, -0.05) is 19.1 Å². The van der Waals surface area contributed by atoms with E-state index in [4.69, 9.17) is 0 Å². The van der Waals surface area contributed by atoms with Gasteiger partial charge in [0.2, 0.25) is 10.0 Å². The fourth-order valence-electron chi connectivity index (χ4n) is 2.35. The molecule has 0 aliphatic rings. The molecular formula is C16H17N3O3S2. The summed E-state index contributed by atoms with van der Waals surface area (Å²) in [6.07, 6.45) is 0.793. The van der Waals surface area contributed by atoms with E-state index >= 15 is 0 Å². The van der Waals surface area contributed by atoms with Crippen LogP contribution in [-0.2, 0) is 30.0 Å². The Labute approximate surface area is 143 Å². The van der Waals surface area contributed by atoms with E-state index in [9.17, 15) is 13.2 Å². The number of thiophene rings is 1. The Morgan fingerprint density at radius 2 is 1.96 bits per heavy atom. The van der Waals surface area contributed by atoms with Crippen molar-refractivity contribution in [2.45, 2.75) is 24.1 Å². The summed E-state index contributed by atoms with van der Waals surface area (Å²) in [6.45, 7) is 1.93. The summed E-state index contributed by atoms with van der Waals surface area (Å²) in [4.78, 5) is 17.7. The van der Waals surface area contributed by atoms with E-state index in [0.29, 0.717) is 16.7 Å². The Morgan fingerprint density at radius 1 is 1.21 bits per heavy atom. The van der Waals surface area contributed by atoms with Gasteiger partial charge in [-0.15, -0.1) is 11.3 Å². The van der Waals surface area contributed by atoms with E-state index in [0.717, 1.165) is 11.3 Å². The average Bonchev–Trinajstić information content (AvgIpc) is 3.07. The maximum absolute atomic E-state index is 12.4. The second kappa shape index (κ2) is 6.46. The van der Waals surface area contributed by atoms with E-state index in [-0.39, 0.29) is 16.3 Å². The van der Waals surface area contributed by atoms with Crippen molar-refractivity contribution in [3.05, 3.63) is 57.5 Å². The Hall–Kier alpha value is -2.03. The van der Waals surface area contributed by atoms with Crippen LogP contribution in [0.5, 0.6) is 0 Å². The van der Waals surface area contributed by atoms with Crippen LogP contribution in [0.4, 0.5) is 0 Å². The van der Waals surface area contributed by atoms with Crippen molar-refractivity contribution >= 4 is 32.3 Å². The van der Waals surface area contributed by atoms with Gasteiger partial charge in [-0.2, -0.15) is 0 Å². The van der Waals surface area contributed by atoms with Gasteiger partial charge in [0.15, 0.2) is 0 Å². The molecule has 8 heteroatoms. The van der Waals surface area contributed by atoms with E-state index in [1.807, 2.05) is 13.0 Å². The van der Waals surface area contributed by atoms with Gasteiger partial charge in [0, 0.05) is 11.9 Å². The number of para-hydroxylation sites is 1.